The Labute approximate surface area is 171 Å². The van der Waals surface area contributed by atoms with E-state index < -0.39 is 11.9 Å². The van der Waals surface area contributed by atoms with Crippen molar-refractivity contribution >= 4 is 17.7 Å². The zero-order valence-corrected chi connectivity index (χ0v) is 16.7. The van der Waals surface area contributed by atoms with Gasteiger partial charge in [0.2, 0.25) is 0 Å². The van der Waals surface area contributed by atoms with Crippen LogP contribution in [0.3, 0.4) is 0 Å². The number of hydrogen-bond donors (Lipinski definition) is 2. The molecule has 6 heteroatoms. The molecule has 0 radical (unpaired) electrons. The van der Waals surface area contributed by atoms with E-state index in [2.05, 4.69) is 15.2 Å². The van der Waals surface area contributed by atoms with Crippen LogP contribution in [0.15, 0.2) is 59.6 Å². The number of ketones is 1. The van der Waals surface area contributed by atoms with Crippen molar-refractivity contribution in [3.63, 3.8) is 0 Å². The van der Waals surface area contributed by atoms with Crippen LogP contribution in [0.25, 0.3) is 0 Å². The number of carbonyl (C=O) groups is 2. The quantitative estimate of drug-likeness (QED) is 0.780. The number of carboxylic acids is 1. The van der Waals surface area contributed by atoms with Crippen LogP contribution in [0.2, 0.25) is 0 Å². The summed E-state index contributed by atoms with van der Waals surface area (Å²) in [4.78, 5) is 29.9. The highest BCUT2D eigenvalue weighted by atomic mass is 16.4. The van der Waals surface area contributed by atoms with Crippen LogP contribution in [0.5, 0.6) is 0 Å². The van der Waals surface area contributed by atoms with Crippen molar-refractivity contribution in [3.05, 3.63) is 71.3 Å². The minimum Gasteiger partial charge on any atom is -0.481 e. The van der Waals surface area contributed by atoms with Crippen LogP contribution in [0.1, 0.15) is 47.2 Å². The number of benzene rings is 2. The molecule has 0 spiro atoms. The number of nitrogens with one attached hydrogen (secondary N) is 1. The van der Waals surface area contributed by atoms with E-state index in [-0.39, 0.29) is 5.78 Å². The lowest BCUT2D eigenvalue weighted by molar-refractivity contribution is -0.138. The lowest BCUT2D eigenvalue weighted by atomic mass is 9.96. The molecule has 1 unspecified atom stereocenters. The number of aliphatic imine (C=N–C) groups is 1. The number of guanidine groups is 1. The van der Waals surface area contributed by atoms with Crippen LogP contribution in [-0.2, 0) is 4.79 Å². The summed E-state index contributed by atoms with van der Waals surface area (Å²) in [6.07, 6.45) is 2.49. The third-order valence-corrected chi connectivity index (χ3v) is 5.09. The molecule has 0 bridgehead atoms. The first kappa shape index (κ1) is 20.6. The van der Waals surface area contributed by atoms with Crippen LogP contribution >= 0.6 is 0 Å². The number of carboxylic acid groups (broad SMARTS) is 1. The summed E-state index contributed by atoms with van der Waals surface area (Å²) in [6, 6.07) is 15.7. The Morgan fingerprint density at radius 3 is 2.48 bits per heavy atom. The zero-order chi connectivity index (χ0) is 20.6. The molecule has 2 aliphatic rings. The van der Waals surface area contributed by atoms with E-state index in [4.69, 9.17) is 5.11 Å². The largest absolute Gasteiger partial charge is 0.481 e. The number of aliphatic carboxylic acids is 1. The molecule has 2 aliphatic heterocycles. The molecule has 2 N–H and O–H groups in total. The van der Waals surface area contributed by atoms with Gasteiger partial charge >= 0.3 is 5.97 Å². The van der Waals surface area contributed by atoms with Gasteiger partial charge in [-0.25, -0.2) is 0 Å². The topological polar surface area (TPSA) is 82.0 Å². The molecular formula is C23H27N3O3. The van der Waals surface area contributed by atoms with Crippen LogP contribution in [0.4, 0.5) is 0 Å². The van der Waals surface area contributed by atoms with Crippen LogP contribution in [0, 0.1) is 0 Å². The lowest BCUT2D eigenvalue weighted by Crippen LogP contribution is -2.49. The van der Waals surface area contributed by atoms with Crippen LogP contribution in [-0.4, -0.2) is 53.9 Å². The Bertz CT molecular complexity index is 880. The maximum Gasteiger partial charge on any atom is 0.310 e. The van der Waals surface area contributed by atoms with E-state index in [0.717, 1.165) is 19.0 Å². The second-order valence-electron chi connectivity index (χ2n) is 7.21. The molecule has 2 aromatic carbocycles. The van der Waals surface area contributed by atoms with Crippen molar-refractivity contribution in [2.24, 2.45) is 4.99 Å². The maximum atomic E-state index is 12.2. The zero-order valence-electron chi connectivity index (χ0n) is 16.7. The highest BCUT2D eigenvalue weighted by Gasteiger charge is 2.17. The van der Waals surface area contributed by atoms with Crippen LogP contribution < -0.4 is 5.32 Å². The van der Waals surface area contributed by atoms with Gasteiger partial charge in [-0.05, 0) is 31.4 Å². The summed E-state index contributed by atoms with van der Waals surface area (Å²) in [5, 5.41) is 12.3. The fraction of sp³-hybridized carbons (Fsp3) is 0.348. The summed E-state index contributed by atoms with van der Waals surface area (Å²) >= 11 is 0. The normalized spacial score (nSPS) is 16.3. The Hall–Kier alpha value is -3.15. The van der Waals surface area contributed by atoms with Gasteiger partial charge in [-0.1, -0.05) is 48.5 Å². The summed E-state index contributed by atoms with van der Waals surface area (Å²) in [6.45, 7) is 6.13. The van der Waals surface area contributed by atoms with Crippen molar-refractivity contribution in [1.82, 2.24) is 10.2 Å². The van der Waals surface area contributed by atoms with E-state index in [1.807, 2.05) is 6.07 Å². The molecule has 29 heavy (non-hydrogen) atoms. The number of rotatable bonds is 4. The van der Waals surface area contributed by atoms with Gasteiger partial charge < -0.3 is 15.3 Å². The summed E-state index contributed by atoms with van der Waals surface area (Å²) in [5.41, 5.74) is 1.74. The molecule has 1 atom stereocenters. The maximum absolute atomic E-state index is 12.2. The number of fused-ring (bicyclic) bond motifs is 1. The second-order valence-corrected chi connectivity index (χ2v) is 7.21. The third-order valence-electron chi connectivity index (χ3n) is 5.09. The molecule has 0 amide bonds. The number of hydrogen-bond acceptors (Lipinski definition) is 5. The highest BCUT2D eigenvalue weighted by molar-refractivity contribution is 6.09. The second kappa shape index (κ2) is 9.87. The monoisotopic (exact) mass is 393 g/mol. The van der Waals surface area contributed by atoms with Gasteiger partial charge in [0, 0.05) is 37.3 Å². The fourth-order valence-corrected chi connectivity index (χ4v) is 3.36. The molecule has 1 fully saturated rings. The SMILES string of the molecule is C1CN=C2NCCCN2C1.CC(C(=O)O)c1cccc(C(=O)c2ccccc2)c1. The Balaban J connectivity index is 0.000000200. The molecule has 0 aromatic heterocycles. The molecule has 2 aromatic rings. The van der Waals surface area contributed by atoms with E-state index in [0.29, 0.717) is 16.7 Å². The minimum atomic E-state index is -0.899. The first-order chi connectivity index (χ1) is 14.1. The molecular weight excluding hydrogens is 366 g/mol. The standard InChI is InChI=1S/C16H14O3.C7H13N3/c1-11(16(18)19)13-8-5-9-14(10-13)15(17)12-6-3-2-4-7-12;1-3-8-7-9-4-2-6-10(7)5-1/h2-11H,1H3,(H,18,19);1-6H2,(H,8,9). The van der Waals surface area contributed by atoms with E-state index in [9.17, 15) is 9.59 Å². The summed E-state index contributed by atoms with van der Waals surface area (Å²) in [7, 11) is 0. The van der Waals surface area contributed by atoms with Gasteiger partial charge in [-0.3, -0.25) is 14.6 Å². The minimum absolute atomic E-state index is 0.0972. The smallest absolute Gasteiger partial charge is 0.310 e. The van der Waals surface area contributed by atoms with Gasteiger partial charge in [0.05, 0.1) is 5.92 Å². The highest BCUT2D eigenvalue weighted by Crippen LogP contribution is 2.18. The molecule has 0 aliphatic carbocycles. The molecule has 2 heterocycles. The van der Waals surface area contributed by atoms with E-state index in [1.54, 1.807) is 55.5 Å². The van der Waals surface area contributed by atoms with Gasteiger partial charge in [-0.15, -0.1) is 0 Å². The van der Waals surface area contributed by atoms with Crippen molar-refractivity contribution in [2.45, 2.75) is 25.7 Å². The lowest BCUT2D eigenvalue weighted by Gasteiger charge is -2.33. The van der Waals surface area contributed by atoms with Gasteiger partial charge in [-0.2, -0.15) is 0 Å². The van der Waals surface area contributed by atoms with E-state index in [1.165, 1.54) is 25.9 Å². The summed E-state index contributed by atoms with van der Waals surface area (Å²) in [5.74, 6) is -0.481. The van der Waals surface area contributed by atoms with Gasteiger partial charge in [0.1, 0.15) is 0 Å². The number of nitrogens with zero attached hydrogens (tertiary/aromatic N) is 2. The average molecular weight is 393 g/mol. The van der Waals surface area contributed by atoms with Crippen molar-refractivity contribution in [1.29, 1.82) is 0 Å². The molecule has 152 valence electrons. The fourth-order valence-electron chi connectivity index (χ4n) is 3.36. The molecule has 6 nitrogen and oxygen atoms in total. The third kappa shape index (κ3) is 5.44. The first-order valence-electron chi connectivity index (χ1n) is 10.0. The van der Waals surface area contributed by atoms with Gasteiger partial charge in [0.25, 0.3) is 0 Å². The molecule has 4 rings (SSSR count). The van der Waals surface area contributed by atoms with Crippen molar-refractivity contribution < 1.29 is 14.7 Å². The van der Waals surface area contributed by atoms with Gasteiger partial charge in [0.15, 0.2) is 11.7 Å². The van der Waals surface area contributed by atoms with Crippen molar-refractivity contribution in [3.8, 4) is 0 Å². The number of carbonyl (C=O) groups excluding carboxylic acids is 1. The first-order valence-corrected chi connectivity index (χ1v) is 10.0. The predicted octanol–water partition coefficient (Wildman–Crippen LogP) is 3.15. The van der Waals surface area contributed by atoms with E-state index >= 15 is 0 Å². The predicted molar refractivity (Wildman–Crippen MR) is 113 cm³/mol. The Morgan fingerprint density at radius 2 is 1.76 bits per heavy atom. The molecule has 0 saturated carbocycles. The average Bonchev–Trinajstić information content (AvgIpc) is 2.79. The Kier molecular flexibility index (Phi) is 7.00. The molecule has 1 saturated heterocycles. The summed E-state index contributed by atoms with van der Waals surface area (Å²) < 4.78 is 0. The van der Waals surface area contributed by atoms with Crippen molar-refractivity contribution in [2.75, 3.05) is 26.2 Å². The Morgan fingerprint density at radius 1 is 1.03 bits per heavy atom.